The van der Waals surface area contributed by atoms with Gasteiger partial charge in [-0.05, 0) is 42.7 Å². The van der Waals surface area contributed by atoms with Gasteiger partial charge >= 0.3 is 0 Å². The van der Waals surface area contributed by atoms with Gasteiger partial charge in [0, 0.05) is 30.6 Å². The van der Waals surface area contributed by atoms with Crippen LogP contribution in [0.4, 0.5) is 10.2 Å². The third kappa shape index (κ3) is 4.56. The Kier molecular flexibility index (Phi) is 5.88. The van der Waals surface area contributed by atoms with Crippen LogP contribution in [0.5, 0.6) is 0 Å². The van der Waals surface area contributed by atoms with Crippen LogP contribution in [0.25, 0.3) is 0 Å². The predicted molar refractivity (Wildman–Crippen MR) is 111 cm³/mol. The summed E-state index contributed by atoms with van der Waals surface area (Å²) in [6, 6.07) is 17.3. The molecule has 6 nitrogen and oxygen atoms in total. The molecule has 0 radical (unpaired) electrons. The Morgan fingerprint density at radius 1 is 1.00 bits per heavy atom. The molecule has 2 amide bonds. The van der Waals surface area contributed by atoms with Crippen molar-refractivity contribution >= 4 is 17.6 Å². The van der Waals surface area contributed by atoms with E-state index in [4.69, 9.17) is 0 Å². The molecule has 1 aromatic heterocycles. The van der Waals surface area contributed by atoms with Crippen molar-refractivity contribution in [3.05, 3.63) is 83.8 Å². The van der Waals surface area contributed by atoms with Crippen LogP contribution in [0.15, 0.2) is 66.9 Å². The minimum Gasteiger partial charge on any atom is -0.339 e. The summed E-state index contributed by atoms with van der Waals surface area (Å²) in [5.41, 5.74) is 1.56. The van der Waals surface area contributed by atoms with E-state index in [1.165, 1.54) is 24.3 Å². The van der Waals surface area contributed by atoms with Gasteiger partial charge in [-0.15, -0.1) is 0 Å². The van der Waals surface area contributed by atoms with Crippen LogP contribution in [0, 0.1) is 11.7 Å². The fourth-order valence-electron chi connectivity index (χ4n) is 3.67. The summed E-state index contributed by atoms with van der Waals surface area (Å²) < 4.78 is 14.8. The molecule has 2 aromatic carbocycles. The molecule has 0 spiro atoms. The molecule has 1 N–H and O–H groups in total. The van der Waals surface area contributed by atoms with E-state index < -0.39 is 0 Å². The molecule has 7 heteroatoms. The number of rotatable bonds is 5. The fourth-order valence-corrected chi connectivity index (χ4v) is 3.67. The Morgan fingerprint density at radius 2 is 1.70 bits per heavy atom. The number of amides is 2. The topological polar surface area (TPSA) is 67.2 Å². The zero-order valence-corrected chi connectivity index (χ0v) is 16.5. The standard InChI is InChI=1S/C23H23FN4O2/c24-20-8-6-19(7-9-20)23(30)27-14-11-18(12-15-27)22(29)26-21-10-13-25-28(21)16-17-4-2-1-3-5-17/h1-10,13,18H,11-12,14-16H2,(H,26,29). The monoisotopic (exact) mass is 406 g/mol. The SMILES string of the molecule is O=C(Nc1ccnn1Cc1ccccc1)C1CCN(C(=O)c2ccc(F)cc2)CC1. The molecule has 154 valence electrons. The molecule has 2 heterocycles. The van der Waals surface area contributed by atoms with E-state index in [0.29, 0.717) is 43.9 Å². The predicted octanol–water partition coefficient (Wildman–Crippen LogP) is 3.56. The molecule has 0 atom stereocenters. The van der Waals surface area contributed by atoms with Crippen LogP contribution in [0.3, 0.4) is 0 Å². The maximum Gasteiger partial charge on any atom is 0.253 e. The van der Waals surface area contributed by atoms with Gasteiger partial charge in [-0.25, -0.2) is 9.07 Å². The highest BCUT2D eigenvalue weighted by Crippen LogP contribution is 2.21. The molecule has 4 rings (SSSR count). The number of benzene rings is 2. The van der Waals surface area contributed by atoms with Crippen LogP contribution >= 0.6 is 0 Å². The first-order chi connectivity index (χ1) is 14.6. The first kappa shape index (κ1) is 19.8. The number of aromatic nitrogens is 2. The molecular weight excluding hydrogens is 383 g/mol. The minimum atomic E-state index is -0.367. The van der Waals surface area contributed by atoms with Crippen molar-refractivity contribution in [2.24, 2.45) is 5.92 Å². The quantitative estimate of drug-likeness (QED) is 0.705. The van der Waals surface area contributed by atoms with Gasteiger partial charge < -0.3 is 10.2 Å². The lowest BCUT2D eigenvalue weighted by atomic mass is 9.95. The van der Waals surface area contributed by atoms with Crippen molar-refractivity contribution in [1.82, 2.24) is 14.7 Å². The molecule has 0 unspecified atom stereocenters. The number of carbonyl (C=O) groups is 2. The van der Waals surface area contributed by atoms with Gasteiger partial charge in [0.1, 0.15) is 11.6 Å². The lowest BCUT2D eigenvalue weighted by Crippen LogP contribution is -2.41. The van der Waals surface area contributed by atoms with Crippen LogP contribution in [0.1, 0.15) is 28.8 Å². The Labute approximate surface area is 174 Å². The molecule has 30 heavy (non-hydrogen) atoms. The smallest absolute Gasteiger partial charge is 0.253 e. The van der Waals surface area contributed by atoms with Gasteiger partial charge in [-0.1, -0.05) is 30.3 Å². The molecule has 0 bridgehead atoms. The molecule has 1 saturated heterocycles. The summed E-state index contributed by atoms with van der Waals surface area (Å²) in [4.78, 5) is 27.0. The second-order valence-electron chi connectivity index (χ2n) is 7.42. The third-order valence-electron chi connectivity index (χ3n) is 5.39. The fraction of sp³-hybridized carbons (Fsp3) is 0.261. The Hall–Kier alpha value is -3.48. The van der Waals surface area contributed by atoms with Gasteiger partial charge in [-0.3, -0.25) is 9.59 Å². The van der Waals surface area contributed by atoms with Crippen LogP contribution in [-0.2, 0) is 11.3 Å². The number of nitrogens with zero attached hydrogens (tertiary/aromatic N) is 3. The summed E-state index contributed by atoms with van der Waals surface area (Å²) in [5.74, 6) is -0.0575. The van der Waals surface area contributed by atoms with Crippen molar-refractivity contribution in [2.75, 3.05) is 18.4 Å². The van der Waals surface area contributed by atoms with E-state index in [0.717, 1.165) is 5.56 Å². The highest BCUT2D eigenvalue weighted by atomic mass is 19.1. The molecule has 1 aliphatic heterocycles. The number of nitrogens with one attached hydrogen (secondary N) is 1. The van der Waals surface area contributed by atoms with Gasteiger partial charge in [0.05, 0.1) is 12.7 Å². The number of anilines is 1. The van der Waals surface area contributed by atoms with Gasteiger partial charge in [0.15, 0.2) is 0 Å². The van der Waals surface area contributed by atoms with Gasteiger partial charge in [0.2, 0.25) is 5.91 Å². The highest BCUT2D eigenvalue weighted by molar-refractivity contribution is 5.95. The van der Waals surface area contributed by atoms with Gasteiger partial charge in [-0.2, -0.15) is 5.10 Å². The third-order valence-corrected chi connectivity index (χ3v) is 5.39. The van der Waals surface area contributed by atoms with E-state index in [1.54, 1.807) is 21.8 Å². The molecule has 0 aliphatic carbocycles. The number of hydrogen-bond donors (Lipinski definition) is 1. The average Bonchev–Trinajstić information content (AvgIpc) is 3.21. The van der Waals surface area contributed by atoms with Crippen LogP contribution < -0.4 is 5.32 Å². The maximum absolute atomic E-state index is 13.1. The van der Waals surface area contributed by atoms with E-state index in [9.17, 15) is 14.0 Å². The van der Waals surface area contributed by atoms with Crippen LogP contribution in [0.2, 0.25) is 0 Å². The van der Waals surface area contributed by atoms with Crippen molar-refractivity contribution in [2.45, 2.75) is 19.4 Å². The number of piperidine rings is 1. The van der Waals surface area contributed by atoms with Gasteiger partial charge in [0.25, 0.3) is 5.91 Å². The summed E-state index contributed by atoms with van der Waals surface area (Å²) in [7, 11) is 0. The normalized spacial score (nSPS) is 14.5. The molecule has 3 aromatic rings. The Balaban J connectivity index is 1.32. The summed E-state index contributed by atoms with van der Waals surface area (Å²) in [6.07, 6.45) is 2.85. The summed E-state index contributed by atoms with van der Waals surface area (Å²) >= 11 is 0. The van der Waals surface area contributed by atoms with E-state index >= 15 is 0 Å². The molecular formula is C23H23FN4O2. The summed E-state index contributed by atoms with van der Waals surface area (Å²) in [5, 5.41) is 7.29. The maximum atomic E-state index is 13.1. The largest absolute Gasteiger partial charge is 0.339 e. The average molecular weight is 406 g/mol. The summed E-state index contributed by atoms with van der Waals surface area (Å²) in [6.45, 7) is 1.57. The zero-order chi connectivity index (χ0) is 20.9. The van der Waals surface area contributed by atoms with E-state index in [2.05, 4.69) is 10.4 Å². The molecule has 1 aliphatic rings. The van der Waals surface area contributed by atoms with Crippen molar-refractivity contribution < 1.29 is 14.0 Å². The second kappa shape index (κ2) is 8.90. The number of halogens is 1. The van der Waals surface area contributed by atoms with E-state index in [-0.39, 0.29) is 23.5 Å². The molecule has 1 fully saturated rings. The number of hydrogen-bond acceptors (Lipinski definition) is 3. The minimum absolute atomic E-state index is 0.0568. The lowest BCUT2D eigenvalue weighted by Gasteiger charge is -2.31. The molecule has 0 saturated carbocycles. The van der Waals surface area contributed by atoms with Crippen LogP contribution in [-0.4, -0.2) is 39.6 Å². The highest BCUT2D eigenvalue weighted by Gasteiger charge is 2.28. The number of carbonyl (C=O) groups excluding carboxylic acids is 2. The zero-order valence-electron chi connectivity index (χ0n) is 16.5. The lowest BCUT2D eigenvalue weighted by molar-refractivity contribution is -0.121. The first-order valence-electron chi connectivity index (χ1n) is 10.0. The Morgan fingerprint density at radius 3 is 2.40 bits per heavy atom. The second-order valence-corrected chi connectivity index (χ2v) is 7.42. The first-order valence-corrected chi connectivity index (χ1v) is 10.0. The van der Waals surface area contributed by atoms with Crippen molar-refractivity contribution in [3.63, 3.8) is 0 Å². The Bertz CT molecular complexity index is 1010. The number of likely N-dealkylation sites (tertiary alicyclic amines) is 1. The van der Waals surface area contributed by atoms with E-state index in [1.807, 2.05) is 30.3 Å². The van der Waals surface area contributed by atoms with Crippen molar-refractivity contribution in [3.8, 4) is 0 Å². The van der Waals surface area contributed by atoms with Crippen molar-refractivity contribution in [1.29, 1.82) is 0 Å².